The summed E-state index contributed by atoms with van der Waals surface area (Å²) in [5.41, 5.74) is 5.86. The number of alkyl halides is 3. The molecule has 3 aromatic rings. The molecule has 1 aliphatic carbocycles. The second-order valence-corrected chi connectivity index (χ2v) is 7.47. The Morgan fingerprint density at radius 2 is 1.72 bits per heavy atom. The Kier molecular flexibility index (Phi) is 5.08. The fraction of sp³-hybridized carbons (Fsp3) is 0.318. The van der Waals surface area contributed by atoms with E-state index in [-0.39, 0.29) is 5.56 Å². The van der Waals surface area contributed by atoms with E-state index in [9.17, 15) is 13.2 Å². The van der Waals surface area contributed by atoms with E-state index in [1.807, 2.05) is 6.07 Å². The Labute approximate surface area is 166 Å². The zero-order chi connectivity index (χ0) is 20.5. The molecule has 0 radical (unpaired) electrons. The number of hydrogen-bond acceptors (Lipinski definition) is 3. The number of nitrogens with zero attached hydrogens (tertiary/aromatic N) is 1. The van der Waals surface area contributed by atoms with E-state index < -0.39 is 17.3 Å². The van der Waals surface area contributed by atoms with Crippen molar-refractivity contribution < 1.29 is 17.9 Å². The zero-order valence-electron chi connectivity index (χ0n) is 15.8. The van der Waals surface area contributed by atoms with Crippen molar-refractivity contribution >= 4 is 0 Å². The van der Waals surface area contributed by atoms with Crippen LogP contribution in [0.3, 0.4) is 0 Å². The van der Waals surface area contributed by atoms with Gasteiger partial charge >= 0.3 is 6.18 Å². The van der Waals surface area contributed by atoms with Gasteiger partial charge < -0.3 is 15.5 Å². The van der Waals surface area contributed by atoms with E-state index in [4.69, 9.17) is 10.5 Å². The van der Waals surface area contributed by atoms with E-state index in [0.29, 0.717) is 23.0 Å². The predicted octanol–water partition coefficient (Wildman–Crippen LogP) is 6.01. The normalized spacial score (nSPS) is 16.6. The summed E-state index contributed by atoms with van der Waals surface area (Å²) in [6, 6.07) is 12.3. The van der Waals surface area contributed by atoms with Crippen LogP contribution in [0.5, 0.6) is 11.5 Å². The number of nitrogens with one attached hydrogen (secondary N) is 1. The van der Waals surface area contributed by atoms with Crippen molar-refractivity contribution in [3.63, 3.8) is 0 Å². The van der Waals surface area contributed by atoms with Crippen LogP contribution in [0.25, 0.3) is 11.3 Å². The molecule has 0 unspecified atom stereocenters. The number of aromatic amines is 1. The second kappa shape index (κ2) is 7.55. The maximum atomic E-state index is 13.3. The summed E-state index contributed by atoms with van der Waals surface area (Å²) in [6.07, 6.45) is 1.90. The predicted molar refractivity (Wildman–Crippen MR) is 104 cm³/mol. The lowest BCUT2D eigenvalue weighted by Gasteiger charge is -2.31. The van der Waals surface area contributed by atoms with Gasteiger partial charge in [0, 0.05) is 11.8 Å². The van der Waals surface area contributed by atoms with Gasteiger partial charge in [-0.2, -0.15) is 13.2 Å². The number of H-pyrrole nitrogens is 1. The van der Waals surface area contributed by atoms with E-state index >= 15 is 0 Å². The zero-order valence-corrected chi connectivity index (χ0v) is 15.8. The molecule has 3 N–H and O–H groups in total. The molecular weight excluding hydrogens is 379 g/mol. The fourth-order valence-electron chi connectivity index (χ4n) is 3.75. The largest absolute Gasteiger partial charge is 0.457 e. The van der Waals surface area contributed by atoms with Gasteiger partial charge in [-0.15, -0.1) is 0 Å². The summed E-state index contributed by atoms with van der Waals surface area (Å²) < 4.78 is 45.8. The molecule has 1 aliphatic rings. The highest BCUT2D eigenvalue weighted by Crippen LogP contribution is 2.40. The number of imidazole rings is 1. The molecule has 4 rings (SSSR count). The molecule has 0 amide bonds. The van der Waals surface area contributed by atoms with E-state index in [1.165, 1.54) is 6.07 Å². The standard InChI is InChI=1S/C22H22F3N3O/c23-22(24,25)15-9-10-19(29-16-7-3-1-4-8-16)17(13-15)18-14-27-20(28-18)21(26)11-5-2-6-12-21/h1,3-4,7-10,13-14H,2,5-6,11-12,26H2,(H,27,28). The van der Waals surface area contributed by atoms with Crippen LogP contribution in [0, 0.1) is 0 Å². The van der Waals surface area contributed by atoms with Gasteiger partial charge in [-0.25, -0.2) is 4.98 Å². The first-order chi connectivity index (χ1) is 13.9. The molecular formula is C22H22F3N3O. The third-order valence-corrected chi connectivity index (χ3v) is 5.35. The average Bonchev–Trinajstić information content (AvgIpc) is 3.20. The van der Waals surface area contributed by atoms with E-state index in [1.54, 1.807) is 30.5 Å². The first kappa shape index (κ1) is 19.5. The van der Waals surface area contributed by atoms with Crippen LogP contribution in [0.4, 0.5) is 13.2 Å². The second-order valence-electron chi connectivity index (χ2n) is 7.47. The molecule has 29 heavy (non-hydrogen) atoms. The van der Waals surface area contributed by atoms with Crippen molar-refractivity contribution in [1.29, 1.82) is 0 Å². The number of ether oxygens (including phenoxy) is 1. The van der Waals surface area contributed by atoms with Crippen molar-refractivity contribution in [2.24, 2.45) is 5.73 Å². The number of hydrogen-bond donors (Lipinski definition) is 2. The van der Waals surface area contributed by atoms with E-state index in [0.717, 1.165) is 44.2 Å². The van der Waals surface area contributed by atoms with Crippen LogP contribution in [-0.4, -0.2) is 9.97 Å². The minimum absolute atomic E-state index is 0.269. The summed E-state index contributed by atoms with van der Waals surface area (Å²) in [4.78, 5) is 7.66. The number of aromatic nitrogens is 2. The van der Waals surface area contributed by atoms with Crippen LogP contribution in [-0.2, 0) is 11.7 Å². The summed E-state index contributed by atoms with van der Waals surface area (Å²) in [6.45, 7) is 0. The molecule has 152 valence electrons. The molecule has 0 aliphatic heterocycles. The summed E-state index contributed by atoms with van der Waals surface area (Å²) in [5.74, 6) is 1.44. The number of nitrogens with two attached hydrogens (primary N) is 1. The maximum absolute atomic E-state index is 13.3. The first-order valence-electron chi connectivity index (χ1n) is 9.64. The quantitative estimate of drug-likeness (QED) is 0.563. The minimum atomic E-state index is -4.46. The molecule has 1 saturated carbocycles. The van der Waals surface area contributed by atoms with Gasteiger partial charge in [-0.1, -0.05) is 37.5 Å². The monoisotopic (exact) mass is 401 g/mol. The molecule has 0 bridgehead atoms. The van der Waals surface area contributed by atoms with Crippen LogP contribution >= 0.6 is 0 Å². The Morgan fingerprint density at radius 3 is 2.41 bits per heavy atom. The topological polar surface area (TPSA) is 63.9 Å². The molecule has 1 fully saturated rings. The summed E-state index contributed by atoms with van der Waals surface area (Å²) >= 11 is 0. The third-order valence-electron chi connectivity index (χ3n) is 5.35. The van der Waals surface area contributed by atoms with Crippen molar-refractivity contribution in [2.45, 2.75) is 43.8 Å². The van der Waals surface area contributed by atoms with Crippen molar-refractivity contribution in [1.82, 2.24) is 9.97 Å². The lowest BCUT2D eigenvalue weighted by Crippen LogP contribution is -2.39. The smallest absolute Gasteiger partial charge is 0.416 e. The lowest BCUT2D eigenvalue weighted by molar-refractivity contribution is -0.137. The lowest BCUT2D eigenvalue weighted by atomic mass is 9.82. The Bertz CT molecular complexity index is 976. The molecule has 1 heterocycles. The molecule has 0 saturated heterocycles. The third kappa shape index (κ3) is 4.15. The molecule has 0 spiro atoms. The average molecular weight is 401 g/mol. The SMILES string of the molecule is NC1(c2nc(-c3cc(C(F)(F)F)ccc3Oc3ccccc3)c[nH]2)CCCCC1. The first-order valence-corrected chi connectivity index (χ1v) is 9.64. The van der Waals surface area contributed by atoms with Gasteiger partial charge in [0.25, 0.3) is 0 Å². The Balaban J connectivity index is 1.74. The molecule has 0 atom stereocenters. The number of benzene rings is 2. The van der Waals surface area contributed by atoms with Gasteiger partial charge in [0.15, 0.2) is 0 Å². The molecule has 4 nitrogen and oxygen atoms in total. The van der Waals surface area contributed by atoms with Crippen LogP contribution in [0.1, 0.15) is 43.5 Å². The molecule has 7 heteroatoms. The van der Waals surface area contributed by atoms with Crippen LogP contribution < -0.4 is 10.5 Å². The number of halogens is 3. The molecule has 2 aromatic carbocycles. The van der Waals surface area contributed by atoms with Gasteiger partial charge in [-0.3, -0.25) is 0 Å². The van der Waals surface area contributed by atoms with Crippen molar-refractivity contribution in [3.05, 3.63) is 66.1 Å². The van der Waals surface area contributed by atoms with Crippen LogP contribution in [0.15, 0.2) is 54.7 Å². The minimum Gasteiger partial charge on any atom is -0.457 e. The fourth-order valence-corrected chi connectivity index (χ4v) is 3.75. The Hall–Kier alpha value is -2.80. The van der Waals surface area contributed by atoms with Crippen molar-refractivity contribution in [2.75, 3.05) is 0 Å². The van der Waals surface area contributed by atoms with Gasteiger partial charge in [0.2, 0.25) is 0 Å². The number of rotatable bonds is 4. The van der Waals surface area contributed by atoms with Gasteiger partial charge in [0.05, 0.1) is 16.8 Å². The highest BCUT2D eigenvalue weighted by Gasteiger charge is 2.34. The Morgan fingerprint density at radius 1 is 1.00 bits per heavy atom. The highest BCUT2D eigenvalue weighted by atomic mass is 19.4. The van der Waals surface area contributed by atoms with Gasteiger partial charge in [0.1, 0.15) is 17.3 Å². The van der Waals surface area contributed by atoms with Crippen molar-refractivity contribution in [3.8, 4) is 22.8 Å². The van der Waals surface area contributed by atoms with Crippen LogP contribution in [0.2, 0.25) is 0 Å². The summed E-state index contributed by atoms with van der Waals surface area (Å²) in [5, 5.41) is 0. The molecule has 1 aromatic heterocycles. The maximum Gasteiger partial charge on any atom is 0.416 e. The number of para-hydroxylation sites is 1. The summed E-state index contributed by atoms with van der Waals surface area (Å²) in [7, 11) is 0. The van der Waals surface area contributed by atoms with E-state index in [2.05, 4.69) is 9.97 Å². The highest BCUT2D eigenvalue weighted by molar-refractivity contribution is 5.68. The van der Waals surface area contributed by atoms with Gasteiger partial charge in [-0.05, 0) is 43.2 Å².